The fourth-order valence-corrected chi connectivity index (χ4v) is 1.78. The minimum Gasteiger partial charge on any atom is -0.390 e. The maximum Gasteiger partial charge on any atom is 0.337 e. The maximum absolute atomic E-state index is 11.1. The molecule has 0 heterocycles. The predicted molar refractivity (Wildman–Crippen MR) is 73.1 cm³/mol. The van der Waals surface area contributed by atoms with Crippen molar-refractivity contribution < 1.29 is 40.5 Å². The summed E-state index contributed by atoms with van der Waals surface area (Å²) >= 11 is 0. The van der Waals surface area contributed by atoms with Gasteiger partial charge in [0.25, 0.3) is 0 Å². The Bertz CT molecular complexity index is 252. The van der Waals surface area contributed by atoms with Gasteiger partial charge in [-0.2, -0.15) is 0 Å². The summed E-state index contributed by atoms with van der Waals surface area (Å²) in [7, 11) is 0. The second-order valence-corrected chi connectivity index (χ2v) is 4.58. The first-order chi connectivity index (χ1) is 8.70. The van der Waals surface area contributed by atoms with Crippen LogP contribution in [-0.4, -0.2) is 11.9 Å². The quantitative estimate of drug-likeness (QED) is 0.244. The van der Waals surface area contributed by atoms with Crippen molar-refractivity contribution in [1.29, 1.82) is 0 Å². The Kier molecular flexibility index (Phi) is 17.5. The molecule has 0 aliphatic carbocycles. The number of hydrogen-bond acceptors (Lipinski definition) is 3. The average Bonchev–Trinajstić information content (AvgIpc) is 2.36. The molecule has 0 aromatic carbocycles. The van der Waals surface area contributed by atoms with E-state index in [4.69, 9.17) is 0 Å². The van der Waals surface area contributed by atoms with E-state index in [2.05, 4.69) is 18.2 Å². The van der Waals surface area contributed by atoms with Crippen molar-refractivity contribution in [2.24, 2.45) is 0 Å². The van der Waals surface area contributed by atoms with Crippen LogP contribution in [0.4, 0.5) is 0 Å². The minimum absolute atomic E-state index is 0. The molecule has 19 heavy (non-hydrogen) atoms. The number of hydrogen-bond donors (Lipinski definition) is 0. The molecule has 108 valence electrons. The third kappa shape index (κ3) is 15.7. The van der Waals surface area contributed by atoms with E-state index >= 15 is 0 Å². The Morgan fingerprint density at radius 3 is 1.89 bits per heavy atom. The second kappa shape index (κ2) is 15.8. The van der Waals surface area contributed by atoms with Gasteiger partial charge >= 0.3 is 11.9 Å². The van der Waals surface area contributed by atoms with Gasteiger partial charge in [0.2, 0.25) is 0 Å². The van der Waals surface area contributed by atoms with E-state index in [1.807, 2.05) is 0 Å². The molecule has 0 bridgehead atoms. The topological polar surface area (TPSA) is 43.4 Å². The Morgan fingerprint density at radius 2 is 1.42 bits per heavy atom. The zero-order valence-electron chi connectivity index (χ0n) is 12.1. The first-order valence-electron chi connectivity index (χ1n) is 7.07. The Morgan fingerprint density at radius 1 is 0.947 bits per heavy atom. The van der Waals surface area contributed by atoms with Gasteiger partial charge in [0.15, 0.2) is 0 Å². The molecule has 0 spiro atoms. The van der Waals surface area contributed by atoms with Crippen LogP contribution < -0.4 is 0 Å². The van der Waals surface area contributed by atoms with E-state index in [9.17, 15) is 9.59 Å². The summed E-state index contributed by atoms with van der Waals surface area (Å²) in [5.41, 5.74) is 0. The van der Waals surface area contributed by atoms with Crippen molar-refractivity contribution in [3.8, 4) is 0 Å². The molecule has 0 amide bonds. The van der Waals surface area contributed by atoms with Gasteiger partial charge in [-0.3, -0.25) is 4.79 Å². The van der Waals surface area contributed by atoms with E-state index in [0.717, 1.165) is 25.3 Å². The summed E-state index contributed by atoms with van der Waals surface area (Å²) in [6.07, 6.45) is 12.1. The van der Waals surface area contributed by atoms with E-state index in [1.165, 1.54) is 38.5 Å². The summed E-state index contributed by atoms with van der Waals surface area (Å²) in [4.78, 5) is 21.9. The summed E-state index contributed by atoms with van der Waals surface area (Å²) in [6.45, 7) is 5.46. The van der Waals surface area contributed by atoms with Gasteiger partial charge in [-0.05, 0) is 6.42 Å². The number of esters is 2. The van der Waals surface area contributed by atoms with Gasteiger partial charge < -0.3 is 4.74 Å². The molecule has 0 saturated carbocycles. The molecule has 0 aliphatic rings. The van der Waals surface area contributed by atoms with E-state index in [0.29, 0.717) is 6.42 Å². The van der Waals surface area contributed by atoms with Crippen LogP contribution in [0, 0.1) is 0 Å². The fourth-order valence-electron chi connectivity index (χ4n) is 1.78. The van der Waals surface area contributed by atoms with Gasteiger partial charge in [-0.25, -0.2) is 4.79 Å². The number of carbonyl (C=O) groups is 2. The predicted octanol–water partition coefficient (Wildman–Crippen LogP) is 4.16. The van der Waals surface area contributed by atoms with Gasteiger partial charge in [0, 0.05) is 38.7 Å². The van der Waals surface area contributed by atoms with E-state index in [1.54, 1.807) is 0 Å². The SMILES string of the molecule is C=CC(=O)OC(=O)CCCCCCCCCCC.[Zr]. The smallest absolute Gasteiger partial charge is 0.337 e. The van der Waals surface area contributed by atoms with Crippen LogP contribution in [0.3, 0.4) is 0 Å². The summed E-state index contributed by atoms with van der Waals surface area (Å²) in [5, 5.41) is 0. The van der Waals surface area contributed by atoms with Crippen molar-refractivity contribution in [3.63, 3.8) is 0 Å². The summed E-state index contributed by atoms with van der Waals surface area (Å²) in [5.74, 6) is -1.10. The summed E-state index contributed by atoms with van der Waals surface area (Å²) in [6, 6.07) is 0. The van der Waals surface area contributed by atoms with Crippen molar-refractivity contribution in [3.05, 3.63) is 12.7 Å². The third-order valence-electron chi connectivity index (χ3n) is 2.87. The van der Waals surface area contributed by atoms with Gasteiger partial charge in [0.05, 0.1) is 0 Å². The maximum atomic E-state index is 11.1. The molecule has 0 saturated heterocycles. The molecule has 0 radical (unpaired) electrons. The average molecular weight is 346 g/mol. The fraction of sp³-hybridized carbons (Fsp3) is 0.733. The van der Waals surface area contributed by atoms with Crippen LogP contribution in [0.1, 0.15) is 71.1 Å². The zero-order chi connectivity index (χ0) is 13.6. The Balaban J connectivity index is 0. The largest absolute Gasteiger partial charge is 0.390 e. The molecule has 0 unspecified atom stereocenters. The van der Waals surface area contributed by atoms with Crippen LogP contribution in [0.5, 0.6) is 0 Å². The number of ether oxygens (including phenoxy) is 1. The molecule has 0 atom stereocenters. The second-order valence-electron chi connectivity index (χ2n) is 4.58. The van der Waals surface area contributed by atoms with Gasteiger partial charge in [-0.15, -0.1) is 0 Å². The molecule has 0 rings (SSSR count). The summed E-state index contributed by atoms with van der Waals surface area (Å²) < 4.78 is 4.48. The van der Waals surface area contributed by atoms with E-state index < -0.39 is 11.9 Å². The van der Waals surface area contributed by atoms with Gasteiger partial charge in [0.1, 0.15) is 0 Å². The third-order valence-corrected chi connectivity index (χ3v) is 2.87. The van der Waals surface area contributed by atoms with Crippen molar-refractivity contribution in [2.75, 3.05) is 0 Å². The molecule has 0 N–H and O–H groups in total. The van der Waals surface area contributed by atoms with Gasteiger partial charge in [-0.1, -0.05) is 64.9 Å². The van der Waals surface area contributed by atoms with Crippen LogP contribution in [0.25, 0.3) is 0 Å². The molecule has 3 nitrogen and oxygen atoms in total. The number of rotatable bonds is 11. The van der Waals surface area contributed by atoms with Crippen LogP contribution in [0.2, 0.25) is 0 Å². The van der Waals surface area contributed by atoms with Crippen molar-refractivity contribution in [2.45, 2.75) is 71.1 Å². The molecular weight excluding hydrogens is 319 g/mol. The molecule has 0 aromatic heterocycles. The standard InChI is InChI=1S/C15H26O3.Zr/c1-3-5-6-7-8-9-10-11-12-13-15(17)18-14(16)4-2;/h4H,2-3,5-13H2,1H3;. The Hall–Kier alpha value is -0.237. The molecular formula is C15H26O3Zr. The van der Waals surface area contributed by atoms with E-state index in [-0.39, 0.29) is 26.2 Å². The first-order valence-corrected chi connectivity index (χ1v) is 7.07. The van der Waals surface area contributed by atoms with Crippen LogP contribution in [-0.2, 0) is 40.5 Å². The zero-order valence-corrected chi connectivity index (χ0v) is 14.5. The molecule has 0 aliphatic heterocycles. The molecule has 0 fully saturated rings. The normalized spacial score (nSPS) is 9.53. The minimum atomic E-state index is -0.657. The van der Waals surface area contributed by atoms with Crippen molar-refractivity contribution >= 4 is 11.9 Å². The monoisotopic (exact) mass is 344 g/mol. The first kappa shape index (κ1) is 21.1. The number of carbonyl (C=O) groups excluding carboxylic acids is 2. The molecule has 4 heteroatoms. The van der Waals surface area contributed by atoms with Crippen LogP contribution >= 0.6 is 0 Å². The Labute approximate surface area is 136 Å². The van der Waals surface area contributed by atoms with Crippen LogP contribution in [0.15, 0.2) is 12.7 Å². The van der Waals surface area contributed by atoms with Crippen molar-refractivity contribution in [1.82, 2.24) is 0 Å². The molecule has 0 aromatic rings. The number of unbranched alkanes of at least 4 members (excludes halogenated alkanes) is 8.